The molecule has 0 bridgehead atoms. The number of hydrogen-bond acceptors (Lipinski definition) is 5. The molecule has 30 heavy (non-hydrogen) atoms. The second-order valence-corrected chi connectivity index (χ2v) is 7.33. The quantitative estimate of drug-likeness (QED) is 0.432. The highest BCUT2D eigenvalue weighted by Crippen LogP contribution is 2.30. The number of thiazole rings is 1. The van der Waals surface area contributed by atoms with E-state index in [2.05, 4.69) is 5.32 Å². The highest BCUT2D eigenvalue weighted by Gasteiger charge is 2.10. The van der Waals surface area contributed by atoms with Crippen molar-refractivity contribution < 1.29 is 14.3 Å². The number of rotatable bonds is 7. The normalized spacial score (nSPS) is 10.4. The number of benzene rings is 3. The van der Waals surface area contributed by atoms with Gasteiger partial charge in [-0.3, -0.25) is 4.79 Å². The van der Waals surface area contributed by atoms with Gasteiger partial charge in [0.25, 0.3) is 5.91 Å². The molecule has 0 aliphatic rings. The predicted molar refractivity (Wildman–Crippen MR) is 120 cm³/mol. The minimum Gasteiger partial charge on any atom is -0.493 e. The van der Waals surface area contributed by atoms with Crippen molar-refractivity contribution in [2.75, 3.05) is 19.0 Å². The Balaban J connectivity index is 1.42. The van der Waals surface area contributed by atoms with Crippen molar-refractivity contribution in [3.63, 3.8) is 0 Å². The van der Waals surface area contributed by atoms with Crippen LogP contribution in [-0.2, 0) is 4.79 Å². The van der Waals surface area contributed by atoms with Gasteiger partial charge in [0.2, 0.25) is 0 Å². The van der Waals surface area contributed by atoms with Crippen LogP contribution in [0.25, 0.3) is 21.8 Å². The molecule has 0 saturated carbocycles. The molecule has 0 fully saturated rings. The monoisotopic (exact) mass is 416 g/mol. The summed E-state index contributed by atoms with van der Waals surface area (Å²) in [6, 6.07) is 24.9. The third-order valence-corrected chi connectivity index (χ3v) is 5.29. The van der Waals surface area contributed by atoms with E-state index in [1.807, 2.05) is 72.1 Å². The second-order valence-electron chi connectivity index (χ2n) is 6.47. The standard InChI is InChI=1S/C24H20N2O3S/c1-28-21-12-5-6-13-22(21)29-15-23(27)25-19-11-7-10-18(14-19)20-16-30-24(26-20)17-8-3-2-4-9-17/h2-14,16H,15H2,1H3,(H,25,27). The van der Waals surface area contributed by atoms with Crippen molar-refractivity contribution in [3.05, 3.63) is 84.2 Å². The summed E-state index contributed by atoms with van der Waals surface area (Å²) in [7, 11) is 1.56. The molecular formula is C24H20N2O3S. The van der Waals surface area contributed by atoms with E-state index in [0.717, 1.165) is 21.8 Å². The number of ether oxygens (including phenoxy) is 2. The molecule has 150 valence electrons. The lowest BCUT2D eigenvalue weighted by molar-refractivity contribution is -0.118. The highest BCUT2D eigenvalue weighted by molar-refractivity contribution is 7.13. The first-order valence-corrected chi connectivity index (χ1v) is 10.3. The van der Waals surface area contributed by atoms with E-state index in [1.165, 1.54) is 0 Å². The highest BCUT2D eigenvalue weighted by atomic mass is 32.1. The van der Waals surface area contributed by atoms with E-state index in [-0.39, 0.29) is 12.5 Å². The number of hydrogen-bond donors (Lipinski definition) is 1. The molecule has 4 aromatic rings. The zero-order chi connectivity index (χ0) is 20.8. The van der Waals surface area contributed by atoms with E-state index >= 15 is 0 Å². The fourth-order valence-electron chi connectivity index (χ4n) is 2.95. The smallest absolute Gasteiger partial charge is 0.262 e. The van der Waals surface area contributed by atoms with Gasteiger partial charge in [-0.2, -0.15) is 0 Å². The molecule has 1 amide bonds. The lowest BCUT2D eigenvalue weighted by atomic mass is 10.1. The van der Waals surface area contributed by atoms with Crippen molar-refractivity contribution in [1.29, 1.82) is 0 Å². The molecule has 3 aromatic carbocycles. The first-order valence-electron chi connectivity index (χ1n) is 9.40. The van der Waals surface area contributed by atoms with Crippen molar-refractivity contribution in [2.45, 2.75) is 0 Å². The fourth-order valence-corrected chi connectivity index (χ4v) is 3.79. The predicted octanol–water partition coefficient (Wildman–Crippen LogP) is 5.50. The number of nitrogens with one attached hydrogen (secondary N) is 1. The van der Waals surface area contributed by atoms with Crippen LogP contribution in [0.3, 0.4) is 0 Å². The van der Waals surface area contributed by atoms with Gasteiger partial charge in [0.05, 0.1) is 12.8 Å². The average Bonchev–Trinajstić information content (AvgIpc) is 3.29. The number of nitrogens with zero attached hydrogens (tertiary/aromatic N) is 1. The summed E-state index contributed by atoms with van der Waals surface area (Å²) in [5, 5.41) is 5.85. The maximum atomic E-state index is 12.3. The van der Waals surface area contributed by atoms with Gasteiger partial charge >= 0.3 is 0 Å². The largest absolute Gasteiger partial charge is 0.493 e. The molecule has 0 radical (unpaired) electrons. The van der Waals surface area contributed by atoms with Gasteiger partial charge in [0.1, 0.15) is 5.01 Å². The molecular weight excluding hydrogens is 396 g/mol. The first kappa shape index (κ1) is 19.7. The van der Waals surface area contributed by atoms with Gasteiger partial charge in [-0.15, -0.1) is 11.3 Å². The molecule has 0 saturated heterocycles. The number of para-hydroxylation sites is 2. The summed E-state index contributed by atoms with van der Waals surface area (Å²) in [5.41, 5.74) is 3.60. The van der Waals surface area contributed by atoms with Crippen LogP contribution in [0.5, 0.6) is 11.5 Å². The van der Waals surface area contributed by atoms with Crippen LogP contribution in [0.15, 0.2) is 84.2 Å². The summed E-state index contributed by atoms with van der Waals surface area (Å²) in [6.07, 6.45) is 0. The molecule has 0 unspecified atom stereocenters. The van der Waals surface area contributed by atoms with Gasteiger partial charge in [0.15, 0.2) is 18.1 Å². The molecule has 0 atom stereocenters. The van der Waals surface area contributed by atoms with Crippen molar-refractivity contribution in [3.8, 4) is 33.3 Å². The van der Waals surface area contributed by atoms with Crippen LogP contribution < -0.4 is 14.8 Å². The maximum Gasteiger partial charge on any atom is 0.262 e. The van der Waals surface area contributed by atoms with Crippen LogP contribution in [0.4, 0.5) is 5.69 Å². The minimum absolute atomic E-state index is 0.112. The van der Waals surface area contributed by atoms with Crippen molar-refractivity contribution in [2.24, 2.45) is 0 Å². The molecule has 1 heterocycles. The number of aromatic nitrogens is 1. The zero-order valence-electron chi connectivity index (χ0n) is 16.4. The van der Waals surface area contributed by atoms with E-state index in [0.29, 0.717) is 17.2 Å². The Morgan fingerprint density at radius 3 is 2.47 bits per heavy atom. The Bertz CT molecular complexity index is 1140. The fraction of sp³-hybridized carbons (Fsp3) is 0.0833. The molecule has 4 rings (SSSR count). The number of carbonyl (C=O) groups excluding carboxylic acids is 1. The van der Waals surface area contributed by atoms with Crippen LogP contribution in [-0.4, -0.2) is 24.6 Å². The Morgan fingerprint density at radius 1 is 0.933 bits per heavy atom. The zero-order valence-corrected chi connectivity index (χ0v) is 17.2. The minimum atomic E-state index is -0.249. The lowest BCUT2D eigenvalue weighted by Gasteiger charge is -2.11. The van der Waals surface area contributed by atoms with E-state index in [9.17, 15) is 4.79 Å². The topological polar surface area (TPSA) is 60.5 Å². The number of carbonyl (C=O) groups is 1. The van der Waals surface area contributed by atoms with E-state index in [1.54, 1.807) is 30.6 Å². The van der Waals surface area contributed by atoms with Crippen LogP contribution in [0.2, 0.25) is 0 Å². The van der Waals surface area contributed by atoms with Gasteiger partial charge in [-0.05, 0) is 24.3 Å². The number of methoxy groups -OCH3 is 1. The van der Waals surface area contributed by atoms with E-state index in [4.69, 9.17) is 14.5 Å². The Labute approximate surface area is 178 Å². The summed E-state index contributed by atoms with van der Waals surface area (Å²) in [4.78, 5) is 17.1. The maximum absolute atomic E-state index is 12.3. The Kier molecular flexibility index (Phi) is 6.06. The molecule has 5 nitrogen and oxygen atoms in total. The Morgan fingerprint density at radius 2 is 1.67 bits per heavy atom. The summed E-state index contributed by atoms with van der Waals surface area (Å²) >= 11 is 1.60. The van der Waals surface area contributed by atoms with Crippen LogP contribution >= 0.6 is 11.3 Å². The number of amides is 1. The number of anilines is 1. The third-order valence-electron chi connectivity index (χ3n) is 4.39. The SMILES string of the molecule is COc1ccccc1OCC(=O)Nc1cccc(-c2csc(-c3ccccc3)n2)c1. The first-order chi connectivity index (χ1) is 14.7. The summed E-state index contributed by atoms with van der Waals surface area (Å²) in [5.74, 6) is 0.867. The molecule has 6 heteroatoms. The van der Waals surface area contributed by atoms with E-state index < -0.39 is 0 Å². The van der Waals surface area contributed by atoms with Crippen LogP contribution in [0.1, 0.15) is 0 Å². The average molecular weight is 417 g/mol. The summed E-state index contributed by atoms with van der Waals surface area (Å²) < 4.78 is 10.8. The summed E-state index contributed by atoms with van der Waals surface area (Å²) in [6.45, 7) is -0.112. The third kappa shape index (κ3) is 4.67. The molecule has 1 N–H and O–H groups in total. The Hall–Kier alpha value is -3.64. The molecule has 1 aromatic heterocycles. The van der Waals surface area contributed by atoms with Gasteiger partial charge < -0.3 is 14.8 Å². The van der Waals surface area contributed by atoms with Crippen molar-refractivity contribution >= 4 is 22.9 Å². The second kappa shape index (κ2) is 9.24. The van der Waals surface area contributed by atoms with Crippen molar-refractivity contribution in [1.82, 2.24) is 4.98 Å². The lowest BCUT2D eigenvalue weighted by Crippen LogP contribution is -2.20. The van der Waals surface area contributed by atoms with Gasteiger partial charge in [-0.25, -0.2) is 4.98 Å². The van der Waals surface area contributed by atoms with Gasteiger partial charge in [-0.1, -0.05) is 54.6 Å². The van der Waals surface area contributed by atoms with Crippen LogP contribution in [0, 0.1) is 0 Å². The molecule has 0 aliphatic heterocycles. The molecule has 0 spiro atoms. The van der Waals surface area contributed by atoms with Gasteiger partial charge in [0, 0.05) is 22.2 Å². The molecule has 0 aliphatic carbocycles.